The molecule has 0 aromatic heterocycles. The van der Waals surface area contributed by atoms with Gasteiger partial charge >= 0.3 is 5.97 Å². The number of aliphatic carboxylic acids is 1. The summed E-state index contributed by atoms with van der Waals surface area (Å²) in [6.45, 7) is 1.48. The maximum atomic E-state index is 11.3. The number of hydrogen-bond acceptors (Lipinski definition) is 3. The van der Waals surface area contributed by atoms with E-state index in [9.17, 15) is 9.90 Å². The summed E-state index contributed by atoms with van der Waals surface area (Å²) < 4.78 is 11.2. The number of ether oxygens (including phenoxy) is 2. The minimum absolute atomic E-state index is 0.184. The van der Waals surface area contributed by atoms with Crippen LogP contribution >= 0.6 is 0 Å². The van der Waals surface area contributed by atoms with Crippen molar-refractivity contribution >= 4 is 5.97 Å². The van der Waals surface area contributed by atoms with Crippen LogP contribution in [0.5, 0.6) is 5.75 Å². The van der Waals surface area contributed by atoms with E-state index in [-0.39, 0.29) is 6.10 Å². The van der Waals surface area contributed by atoms with Crippen LogP contribution in [-0.4, -0.2) is 30.4 Å². The van der Waals surface area contributed by atoms with Crippen molar-refractivity contribution in [2.45, 2.75) is 37.2 Å². The van der Waals surface area contributed by atoms with Crippen LogP contribution in [-0.2, 0) is 14.9 Å². The molecule has 3 rings (SSSR count). The third-order valence-corrected chi connectivity index (χ3v) is 4.02. The number of hydrogen-bond donors (Lipinski definition) is 1. The van der Waals surface area contributed by atoms with E-state index in [1.54, 1.807) is 0 Å². The zero-order valence-corrected chi connectivity index (χ0v) is 10.8. The Morgan fingerprint density at radius 1 is 1.32 bits per heavy atom. The fraction of sp³-hybridized carbons (Fsp3) is 0.533. The molecule has 102 valence electrons. The number of benzene rings is 1. The molecule has 0 unspecified atom stereocenters. The molecular weight excluding hydrogens is 244 g/mol. The van der Waals surface area contributed by atoms with Crippen molar-refractivity contribution in [3.63, 3.8) is 0 Å². The average molecular weight is 262 g/mol. The van der Waals surface area contributed by atoms with Crippen molar-refractivity contribution in [2.75, 3.05) is 13.2 Å². The van der Waals surface area contributed by atoms with E-state index in [4.69, 9.17) is 9.47 Å². The van der Waals surface area contributed by atoms with Gasteiger partial charge in [-0.2, -0.15) is 0 Å². The van der Waals surface area contributed by atoms with Crippen molar-refractivity contribution in [1.82, 2.24) is 0 Å². The summed E-state index contributed by atoms with van der Waals surface area (Å²) >= 11 is 0. The highest BCUT2D eigenvalue weighted by Crippen LogP contribution is 2.49. The largest absolute Gasteiger partial charge is 0.490 e. The summed E-state index contributed by atoms with van der Waals surface area (Å²) in [7, 11) is 0. The molecule has 2 aliphatic rings. The van der Waals surface area contributed by atoms with E-state index in [1.165, 1.54) is 0 Å². The van der Waals surface area contributed by atoms with Gasteiger partial charge in [-0.1, -0.05) is 12.1 Å². The molecule has 1 aromatic carbocycles. The van der Waals surface area contributed by atoms with Gasteiger partial charge in [0.1, 0.15) is 11.9 Å². The van der Waals surface area contributed by atoms with E-state index in [2.05, 4.69) is 0 Å². The van der Waals surface area contributed by atoms with E-state index in [1.807, 2.05) is 24.3 Å². The highest BCUT2D eigenvalue weighted by molar-refractivity contribution is 5.85. The smallest absolute Gasteiger partial charge is 0.314 e. The summed E-state index contributed by atoms with van der Waals surface area (Å²) in [5.74, 6) is 0.0487. The van der Waals surface area contributed by atoms with Crippen LogP contribution in [0, 0.1) is 0 Å². The number of carboxylic acid groups (broad SMARTS) is 1. The second-order valence-corrected chi connectivity index (χ2v) is 5.34. The van der Waals surface area contributed by atoms with Gasteiger partial charge in [0.15, 0.2) is 0 Å². The fourth-order valence-electron chi connectivity index (χ4n) is 2.60. The van der Waals surface area contributed by atoms with Gasteiger partial charge in [-0.05, 0) is 30.5 Å². The van der Waals surface area contributed by atoms with E-state index < -0.39 is 11.4 Å². The molecule has 1 aromatic rings. The molecule has 0 radical (unpaired) electrons. The summed E-state index contributed by atoms with van der Waals surface area (Å²) in [6.07, 6.45) is 3.43. The molecule has 1 aliphatic carbocycles. The normalized spacial score (nSPS) is 21.9. The summed E-state index contributed by atoms with van der Waals surface area (Å²) in [4.78, 5) is 11.3. The predicted molar refractivity (Wildman–Crippen MR) is 69.5 cm³/mol. The molecular formula is C15H18O4. The van der Waals surface area contributed by atoms with Crippen molar-refractivity contribution < 1.29 is 19.4 Å². The lowest BCUT2D eigenvalue weighted by Crippen LogP contribution is -2.26. The van der Waals surface area contributed by atoms with Gasteiger partial charge in [-0.25, -0.2) is 0 Å². The minimum atomic E-state index is -0.726. The van der Waals surface area contributed by atoms with Crippen LogP contribution in [0.2, 0.25) is 0 Å². The third-order valence-electron chi connectivity index (χ3n) is 4.02. The fourth-order valence-corrected chi connectivity index (χ4v) is 2.60. The zero-order valence-electron chi connectivity index (χ0n) is 10.8. The molecule has 4 heteroatoms. The molecule has 4 nitrogen and oxygen atoms in total. The molecule has 1 saturated heterocycles. The van der Waals surface area contributed by atoms with Crippen LogP contribution in [0.1, 0.15) is 31.2 Å². The lowest BCUT2D eigenvalue weighted by atomic mass is 9.96. The Labute approximate surface area is 112 Å². The van der Waals surface area contributed by atoms with E-state index >= 15 is 0 Å². The first kappa shape index (κ1) is 12.5. The van der Waals surface area contributed by atoms with Crippen molar-refractivity contribution in [2.24, 2.45) is 0 Å². The van der Waals surface area contributed by atoms with E-state index in [0.717, 1.165) is 50.2 Å². The lowest BCUT2D eigenvalue weighted by molar-refractivity contribution is -0.140. The highest BCUT2D eigenvalue weighted by Gasteiger charge is 2.51. The SMILES string of the molecule is O=C(O)C1(c2cccc(OC3CCOCC3)c2)CC1. The van der Waals surface area contributed by atoms with Crippen LogP contribution < -0.4 is 4.74 Å². The summed E-state index contributed by atoms with van der Waals surface area (Å²) in [5, 5.41) is 9.31. The molecule has 1 heterocycles. The summed E-state index contributed by atoms with van der Waals surface area (Å²) in [6, 6.07) is 7.55. The summed E-state index contributed by atoms with van der Waals surface area (Å²) in [5.41, 5.74) is 0.208. The van der Waals surface area contributed by atoms with Crippen molar-refractivity contribution in [3.8, 4) is 5.75 Å². The maximum absolute atomic E-state index is 11.3. The molecule has 1 N–H and O–H groups in total. The van der Waals surface area contributed by atoms with Gasteiger partial charge in [-0.15, -0.1) is 0 Å². The maximum Gasteiger partial charge on any atom is 0.314 e. The van der Waals surface area contributed by atoms with Gasteiger partial charge in [0, 0.05) is 12.8 Å². The first-order valence-corrected chi connectivity index (χ1v) is 6.79. The van der Waals surface area contributed by atoms with Gasteiger partial charge in [-0.3, -0.25) is 4.79 Å². The Kier molecular flexibility index (Phi) is 3.19. The standard InChI is InChI=1S/C15H18O4/c16-14(17)15(6-7-15)11-2-1-3-13(10-11)19-12-4-8-18-9-5-12/h1-3,10,12H,4-9H2,(H,16,17). The molecule has 2 fully saturated rings. The molecule has 0 spiro atoms. The Hall–Kier alpha value is -1.55. The first-order chi connectivity index (χ1) is 9.21. The zero-order chi connectivity index (χ0) is 13.3. The molecule has 1 saturated carbocycles. The molecule has 1 aliphatic heterocycles. The highest BCUT2D eigenvalue weighted by atomic mass is 16.5. The average Bonchev–Trinajstić information content (AvgIpc) is 3.22. The predicted octanol–water partition coefficient (Wildman–Crippen LogP) is 2.36. The van der Waals surface area contributed by atoms with Gasteiger partial charge in [0.05, 0.1) is 18.6 Å². The van der Waals surface area contributed by atoms with Gasteiger partial charge in [0.2, 0.25) is 0 Å². The number of rotatable bonds is 4. The van der Waals surface area contributed by atoms with Crippen LogP contribution in [0.15, 0.2) is 24.3 Å². The quantitative estimate of drug-likeness (QED) is 0.905. The minimum Gasteiger partial charge on any atom is -0.490 e. The van der Waals surface area contributed by atoms with Crippen LogP contribution in [0.25, 0.3) is 0 Å². The third kappa shape index (κ3) is 2.45. The molecule has 0 amide bonds. The monoisotopic (exact) mass is 262 g/mol. The Balaban J connectivity index is 1.75. The number of carboxylic acids is 1. The van der Waals surface area contributed by atoms with Crippen LogP contribution in [0.4, 0.5) is 0 Å². The second kappa shape index (κ2) is 4.85. The van der Waals surface area contributed by atoms with Crippen LogP contribution in [0.3, 0.4) is 0 Å². The Bertz CT molecular complexity index is 473. The van der Waals surface area contributed by atoms with Crippen molar-refractivity contribution in [1.29, 1.82) is 0 Å². The van der Waals surface area contributed by atoms with Crippen molar-refractivity contribution in [3.05, 3.63) is 29.8 Å². The van der Waals surface area contributed by atoms with E-state index in [0.29, 0.717) is 0 Å². The molecule has 0 bridgehead atoms. The topological polar surface area (TPSA) is 55.8 Å². The second-order valence-electron chi connectivity index (χ2n) is 5.34. The number of carbonyl (C=O) groups is 1. The molecule has 19 heavy (non-hydrogen) atoms. The first-order valence-electron chi connectivity index (χ1n) is 6.79. The van der Waals surface area contributed by atoms with Gasteiger partial charge in [0.25, 0.3) is 0 Å². The lowest BCUT2D eigenvalue weighted by Gasteiger charge is -2.23. The van der Waals surface area contributed by atoms with Gasteiger partial charge < -0.3 is 14.6 Å². The Morgan fingerprint density at radius 3 is 2.68 bits per heavy atom. The molecule has 0 atom stereocenters. The Morgan fingerprint density at radius 2 is 2.05 bits per heavy atom.